The van der Waals surface area contributed by atoms with Crippen LogP contribution in [-0.4, -0.2) is 30.6 Å². The first-order chi connectivity index (χ1) is 10.1. The van der Waals surface area contributed by atoms with Crippen LogP contribution in [0.4, 0.5) is 11.4 Å². The van der Waals surface area contributed by atoms with E-state index >= 15 is 0 Å². The molecule has 1 aromatic carbocycles. The van der Waals surface area contributed by atoms with E-state index in [2.05, 4.69) is 4.99 Å². The Balaban J connectivity index is 1.95. The third-order valence-electron chi connectivity index (χ3n) is 3.62. The molecule has 0 fully saturated rings. The quantitative estimate of drug-likeness (QED) is 0.835. The van der Waals surface area contributed by atoms with E-state index < -0.39 is 0 Å². The second-order valence-electron chi connectivity index (χ2n) is 5.26. The smallest absolute Gasteiger partial charge is 0.226 e. The van der Waals surface area contributed by atoms with Gasteiger partial charge in [-0.1, -0.05) is 6.08 Å². The monoisotopic (exact) mass is 279 g/mol. The second-order valence-corrected chi connectivity index (χ2v) is 5.26. The van der Waals surface area contributed by atoms with Gasteiger partial charge in [0.2, 0.25) is 5.78 Å². The molecule has 0 spiro atoms. The van der Waals surface area contributed by atoms with Crippen LogP contribution in [0.1, 0.15) is 6.92 Å². The van der Waals surface area contributed by atoms with Crippen LogP contribution >= 0.6 is 0 Å². The zero-order valence-corrected chi connectivity index (χ0v) is 12.4. The Labute approximate surface area is 124 Å². The van der Waals surface area contributed by atoms with Gasteiger partial charge in [-0.05, 0) is 43.3 Å². The van der Waals surface area contributed by atoms with Gasteiger partial charge in [-0.3, -0.25) is 9.69 Å². The number of amidine groups is 1. The van der Waals surface area contributed by atoms with Crippen LogP contribution in [0.5, 0.6) is 0 Å². The molecule has 0 bridgehead atoms. The van der Waals surface area contributed by atoms with E-state index in [0.29, 0.717) is 5.84 Å². The van der Waals surface area contributed by atoms with E-state index in [1.54, 1.807) is 0 Å². The molecule has 3 rings (SSSR count). The van der Waals surface area contributed by atoms with Crippen LogP contribution in [0.15, 0.2) is 65.0 Å². The Hall–Kier alpha value is -2.62. The normalized spacial score (nSPS) is 18.7. The summed E-state index contributed by atoms with van der Waals surface area (Å²) in [7, 11) is 3.98. The van der Waals surface area contributed by atoms with E-state index in [-0.39, 0.29) is 5.78 Å². The Morgan fingerprint density at radius 1 is 1.10 bits per heavy atom. The standard InChI is InChI=1S/C17H17N3O/c1-12-15-6-4-5-11-20(15)17(16(12)21)18-13-7-9-14(10-8-13)19(2)3/h4-11H,1-3H3. The highest BCUT2D eigenvalue weighted by atomic mass is 16.1. The molecule has 0 amide bonds. The number of fused-ring (bicyclic) bond motifs is 1. The van der Waals surface area contributed by atoms with Crippen LogP contribution in [0, 0.1) is 0 Å². The average molecular weight is 279 g/mol. The first kappa shape index (κ1) is 13.4. The minimum absolute atomic E-state index is 0.0158. The Bertz CT molecular complexity index is 706. The van der Waals surface area contributed by atoms with Gasteiger partial charge in [0.05, 0.1) is 11.4 Å². The number of carbonyl (C=O) groups is 1. The summed E-state index contributed by atoms with van der Waals surface area (Å²) in [6.07, 6.45) is 7.64. The van der Waals surface area contributed by atoms with Crippen LogP contribution in [-0.2, 0) is 4.79 Å². The van der Waals surface area contributed by atoms with Gasteiger partial charge in [0.15, 0.2) is 5.84 Å². The summed E-state index contributed by atoms with van der Waals surface area (Å²) in [5.41, 5.74) is 3.53. The van der Waals surface area contributed by atoms with E-state index in [9.17, 15) is 4.79 Å². The fourth-order valence-corrected chi connectivity index (χ4v) is 2.38. The predicted molar refractivity (Wildman–Crippen MR) is 85.7 cm³/mol. The fourth-order valence-electron chi connectivity index (χ4n) is 2.38. The lowest BCUT2D eigenvalue weighted by Gasteiger charge is -2.17. The number of anilines is 1. The maximum Gasteiger partial charge on any atom is 0.226 e. The summed E-state index contributed by atoms with van der Waals surface area (Å²) in [5, 5.41) is 0. The molecule has 2 aliphatic heterocycles. The molecule has 0 saturated heterocycles. The summed E-state index contributed by atoms with van der Waals surface area (Å²) in [4.78, 5) is 20.7. The highest BCUT2D eigenvalue weighted by Gasteiger charge is 2.32. The molecular weight excluding hydrogens is 262 g/mol. The maximum absolute atomic E-state index is 12.3. The van der Waals surface area contributed by atoms with Crippen molar-refractivity contribution >= 4 is 23.0 Å². The molecular formula is C17H17N3O. The lowest BCUT2D eigenvalue weighted by atomic mass is 10.2. The van der Waals surface area contributed by atoms with Crippen molar-refractivity contribution < 1.29 is 4.79 Å². The van der Waals surface area contributed by atoms with Crippen LogP contribution in [0.25, 0.3) is 0 Å². The molecule has 0 atom stereocenters. The van der Waals surface area contributed by atoms with Gasteiger partial charge in [-0.2, -0.15) is 0 Å². The molecule has 2 heterocycles. The number of ketones is 1. The lowest BCUT2D eigenvalue weighted by molar-refractivity contribution is -0.109. The van der Waals surface area contributed by atoms with E-state index in [4.69, 9.17) is 0 Å². The summed E-state index contributed by atoms with van der Waals surface area (Å²) in [5.74, 6) is 0.443. The van der Waals surface area contributed by atoms with Gasteiger partial charge in [0.25, 0.3) is 0 Å². The van der Waals surface area contributed by atoms with Crippen molar-refractivity contribution in [1.29, 1.82) is 0 Å². The average Bonchev–Trinajstić information content (AvgIpc) is 2.73. The van der Waals surface area contributed by atoms with Crippen LogP contribution in [0.2, 0.25) is 0 Å². The summed E-state index contributed by atoms with van der Waals surface area (Å²) < 4.78 is 0. The lowest BCUT2D eigenvalue weighted by Crippen LogP contribution is -2.24. The zero-order valence-electron chi connectivity index (χ0n) is 12.4. The summed E-state index contributed by atoms with van der Waals surface area (Å²) in [6, 6.07) is 7.83. The van der Waals surface area contributed by atoms with Crippen molar-refractivity contribution in [3.63, 3.8) is 0 Å². The van der Waals surface area contributed by atoms with Gasteiger partial charge >= 0.3 is 0 Å². The molecule has 0 aliphatic carbocycles. The Morgan fingerprint density at radius 2 is 1.81 bits per heavy atom. The third kappa shape index (κ3) is 2.29. The molecule has 4 heteroatoms. The van der Waals surface area contributed by atoms with Gasteiger partial charge in [-0.25, -0.2) is 4.99 Å². The van der Waals surface area contributed by atoms with E-state index in [1.165, 1.54) is 0 Å². The van der Waals surface area contributed by atoms with Gasteiger partial charge in [0.1, 0.15) is 0 Å². The van der Waals surface area contributed by atoms with Crippen molar-refractivity contribution in [2.75, 3.05) is 19.0 Å². The molecule has 0 aromatic heterocycles. The van der Waals surface area contributed by atoms with Gasteiger partial charge < -0.3 is 4.90 Å². The summed E-state index contributed by atoms with van der Waals surface area (Å²) in [6.45, 7) is 1.84. The number of hydrogen-bond acceptors (Lipinski definition) is 3. The fraction of sp³-hybridized carbons (Fsp3) is 0.176. The van der Waals surface area contributed by atoms with E-state index in [0.717, 1.165) is 22.6 Å². The molecule has 2 aliphatic rings. The number of allylic oxidation sites excluding steroid dienone is 3. The number of hydrogen-bond donors (Lipinski definition) is 0. The first-order valence-electron chi connectivity index (χ1n) is 6.83. The molecule has 0 radical (unpaired) electrons. The highest BCUT2D eigenvalue weighted by molar-refractivity contribution is 6.48. The zero-order chi connectivity index (χ0) is 15.0. The van der Waals surface area contributed by atoms with Crippen molar-refractivity contribution in [2.24, 2.45) is 4.99 Å². The van der Waals surface area contributed by atoms with Crippen LogP contribution in [0.3, 0.4) is 0 Å². The minimum Gasteiger partial charge on any atom is -0.378 e. The largest absolute Gasteiger partial charge is 0.378 e. The number of nitrogens with zero attached hydrogens (tertiary/aromatic N) is 3. The SMILES string of the molecule is CC1=C2C=CC=CN2C(=Nc2ccc(N(C)C)cc2)C1=O. The molecule has 0 unspecified atom stereocenters. The number of carbonyl (C=O) groups excluding carboxylic acids is 1. The Kier molecular flexibility index (Phi) is 3.22. The maximum atomic E-state index is 12.3. The van der Waals surface area contributed by atoms with Crippen molar-refractivity contribution in [3.05, 3.63) is 60.0 Å². The number of Topliss-reactive ketones (excluding diaryl/α,β-unsaturated/α-hetero) is 1. The van der Waals surface area contributed by atoms with Crippen LogP contribution < -0.4 is 4.90 Å². The number of aliphatic imine (C=N–C) groups is 1. The van der Waals surface area contributed by atoms with E-state index in [1.807, 2.05) is 79.5 Å². The molecule has 21 heavy (non-hydrogen) atoms. The van der Waals surface area contributed by atoms with Gasteiger partial charge in [0, 0.05) is 31.6 Å². The first-order valence-corrected chi connectivity index (χ1v) is 6.83. The molecule has 0 saturated carbocycles. The Morgan fingerprint density at radius 3 is 2.48 bits per heavy atom. The number of rotatable bonds is 2. The molecule has 106 valence electrons. The minimum atomic E-state index is -0.0158. The number of benzene rings is 1. The summed E-state index contributed by atoms with van der Waals surface area (Å²) >= 11 is 0. The topological polar surface area (TPSA) is 35.9 Å². The predicted octanol–water partition coefficient (Wildman–Crippen LogP) is 3.02. The van der Waals surface area contributed by atoms with Crippen molar-refractivity contribution in [1.82, 2.24) is 4.90 Å². The third-order valence-corrected chi connectivity index (χ3v) is 3.62. The van der Waals surface area contributed by atoms with Crippen molar-refractivity contribution in [3.8, 4) is 0 Å². The molecule has 1 aromatic rings. The molecule has 4 nitrogen and oxygen atoms in total. The van der Waals surface area contributed by atoms with Crippen molar-refractivity contribution in [2.45, 2.75) is 6.92 Å². The van der Waals surface area contributed by atoms with Gasteiger partial charge in [-0.15, -0.1) is 0 Å². The molecule has 0 N–H and O–H groups in total. The second kappa shape index (κ2) is 5.05. The highest BCUT2D eigenvalue weighted by Crippen LogP contribution is 2.28.